The molecule has 4 rings (SSSR count). The van der Waals surface area contributed by atoms with Gasteiger partial charge < -0.3 is 20.4 Å². The van der Waals surface area contributed by atoms with Crippen molar-refractivity contribution >= 4 is 34.4 Å². The van der Waals surface area contributed by atoms with Gasteiger partial charge >= 0.3 is 0 Å². The Morgan fingerprint density at radius 2 is 1.77 bits per heavy atom. The van der Waals surface area contributed by atoms with Crippen molar-refractivity contribution in [2.75, 3.05) is 24.7 Å². The highest BCUT2D eigenvalue weighted by molar-refractivity contribution is 6.30. The SMILES string of the molecule is CN(C)c1nc(N)nc(Cc2nc3ccc(Oc4ccc(Cl)cc4)cc3c(=O)[nH]2)n1. The molecule has 0 bridgehead atoms. The van der Waals surface area contributed by atoms with Crippen LogP contribution in [-0.2, 0) is 6.42 Å². The topological polar surface area (TPSA) is 123 Å². The molecule has 0 unspecified atom stereocenters. The second-order valence-electron chi connectivity index (χ2n) is 6.73. The number of nitrogens with zero attached hydrogens (tertiary/aromatic N) is 5. The van der Waals surface area contributed by atoms with E-state index in [1.807, 2.05) is 0 Å². The number of hydrogen-bond acceptors (Lipinski definition) is 8. The van der Waals surface area contributed by atoms with Crippen molar-refractivity contribution in [3.05, 3.63) is 69.5 Å². The summed E-state index contributed by atoms with van der Waals surface area (Å²) >= 11 is 5.89. The molecule has 0 aliphatic carbocycles. The second kappa shape index (κ2) is 7.96. The second-order valence-corrected chi connectivity index (χ2v) is 7.17. The number of fused-ring (bicyclic) bond motifs is 1. The highest BCUT2D eigenvalue weighted by Gasteiger charge is 2.11. The van der Waals surface area contributed by atoms with Crippen LogP contribution in [0.15, 0.2) is 47.3 Å². The number of halogens is 1. The van der Waals surface area contributed by atoms with Crippen LogP contribution in [0.25, 0.3) is 10.9 Å². The number of benzene rings is 2. The Labute approximate surface area is 176 Å². The van der Waals surface area contributed by atoms with Crippen molar-refractivity contribution in [3.8, 4) is 11.5 Å². The maximum absolute atomic E-state index is 12.6. The fourth-order valence-corrected chi connectivity index (χ4v) is 2.93. The summed E-state index contributed by atoms with van der Waals surface area (Å²) < 4.78 is 5.79. The van der Waals surface area contributed by atoms with Gasteiger partial charge in [-0.1, -0.05) is 11.6 Å². The number of nitrogen functional groups attached to an aromatic ring is 1. The molecule has 0 saturated carbocycles. The number of ether oxygens (including phenoxy) is 1. The van der Waals surface area contributed by atoms with Gasteiger partial charge in [0.25, 0.3) is 5.56 Å². The van der Waals surface area contributed by atoms with Crippen molar-refractivity contribution < 1.29 is 4.74 Å². The molecule has 0 radical (unpaired) electrons. The molecule has 0 spiro atoms. The number of anilines is 2. The molecule has 2 aromatic carbocycles. The lowest BCUT2D eigenvalue weighted by Crippen LogP contribution is -2.17. The van der Waals surface area contributed by atoms with E-state index in [1.165, 1.54) is 0 Å². The molecule has 10 heteroatoms. The van der Waals surface area contributed by atoms with Gasteiger partial charge in [0.1, 0.15) is 23.1 Å². The van der Waals surface area contributed by atoms with Crippen LogP contribution >= 0.6 is 11.6 Å². The third kappa shape index (κ3) is 4.31. The van der Waals surface area contributed by atoms with E-state index in [0.29, 0.717) is 45.0 Å². The lowest BCUT2D eigenvalue weighted by molar-refractivity contribution is 0.483. The lowest BCUT2D eigenvalue weighted by Gasteiger charge is -2.11. The van der Waals surface area contributed by atoms with Gasteiger partial charge in [0.05, 0.1) is 17.3 Å². The molecule has 30 heavy (non-hydrogen) atoms. The lowest BCUT2D eigenvalue weighted by atomic mass is 10.2. The van der Waals surface area contributed by atoms with Crippen molar-refractivity contribution in [1.29, 1.82) is 0 Å². The first kappa shape index (κ1) is 19.6. The van der Waals surface area contributed by atoms with Crippen LogP contribution in [0.5, 0.6) is 11.5 Å². The fraction of sp³-hybridized carbons (Fsp3) is 0.150. The average molecular weight is 424 g/mol. The molecule has 0 amide bonds. The summed E-state index contributed by atoms with van der Waals surface area (Å²) in [6.45, 7) is 0. The van der Waals surface area contributed by atoms with Gasteiger partial charge in [-0.3, -0.25) is 4.79 Å². The van der Waals surface area contributed by atoms with E-state index in [-0.39, 0.29) is 17.9 Å². The highest BCUT2D eigenvalue weighted by atomic mass is 35.5. The average Bonchev–Trinajstić information content (AvgIpc) is 2.70. The van der Waals surface area contributed by atoms with Crippen LogP contribution in [0.4, 0.5) is 11.9 Å². The predicted molar refractivity (Wildman–Crippen MR) is 115 cm³/mol. The van der Waals surface area contributed by atoms with Crippen molar-refractivity contribution in [2.45, 2.75) is 6.42 Å². The van der Waals surface area contributed by atoms with Gasteiger partial charge in [-0.25, -0.2) is 4.98 Å². The zero-order valence-corrected chi connectivity index (χ0v) is 17.0. The Balaban J connectivity index is 1.63. The molecule has 0 atom stereocenters. The number of rotatable bonds is 5. The first-order valence-corrected chi connectivity index (χ1v) is 9.39. The molecule has 3 N–H and O–H groups in total. The van der Waals surface area contributed by atoms with Gasteiger partial charge in [-0.05, 0) is 42.5 Å². The van der Waals surface area contributed by atoms with Gasteiger partial charge in [0, 0.05) is 19.1 Å². The van der Waals surface area contributed by atoms with Crippen LogP contribution in [0, 0.1) is 0 Å². The molecular weight excluding hydrogens is 406 g/mol. The van der Waals surface area contributed by atoms with Crippen LogP contribution in [0.2, 0.25) is 5.02 Å². The molecular formula is C20H18ClN7O2. The molecule has 4 aromatic rings. The first-order chi connectivity index (χ1) is 14.4. The molecule has 0 aliphatic heterocycles. The monoisotopic (exact) mass is 423 g/mol. The van der Waals surface area contributed by atoms with Gasteiger partial charge in [-0.15, -0.1) is 0 Å². The number of aromatic amines is 1. The third-order valence-electron chi connectivity index (χ3n) is 4.19. The quantitative estimate of drug-likeness (QED) is 0.502. The van der Waals surface area contributed by atoms with Crippen molar-refractivity contribution in [1.82, 2.24) is 24.9 Å². The Morgan fingerprint density at radius 1 is 1.03 bits per heavy atom. The maximum Gasteiger partial charge on any atom is 0.258 e. The van der Waals surface area contributed by atoms with E-state index < -0.39 is 0 Å². The van der Waals surface area contributed by atoms with Crippen molar-refractivity contribution in [2.24, 2.45) is 0 Å². The highest BCUT2D eigenvalue weighted by Crippen LogP contribution is 2.25. The zero-order valence-electron chi connectivity index (χ0n) is 16.3. The van der Waals surface area contributed by atoms with Crippen LogP contribution in [-0.4, -0.2) is 39.0 Å². The van der Waals surface area contributed by atoms with E-state index in [2.05, 4.69) is 24.9 Å². The van der Waals surface area contributed by atoms with Crippen LogP contribution in [0.3, 0.4) is 0 Å². The number of H-pyrrole nitrogens is 1. The maximum atomic E-state index is 12.6. The van der Waals surface area contributed by atoms with Gasteiger partial charge in [0.2, 0.25) is 11.9 Å². The molecule has 152 valence electrons. The van der Waals surface area contributed by atoms with Gasteiger partial charge in [-0.2, -0.15) is 15.0 Å². The third-order valence-corrected chi connectivity index (χ3v) is 4.44. The van der Waals surface area contributed by atoms with Crippen molar-refractivity contribution in [3.63, 3.8) is 0 Å². The number of nitrogens with two attached hydrogens (primary N) is 1. The number of nitrogens with one attached hydrogen (secondary N) is 1. The first-order valence-electron chi connectivity index (χ1n) is 9.01. The standard InChI is InChI=1S/C20H18ClN7O2/c1-28(2)20-26-17(25-19(22)27-20)10-16-23-15-8-7-13(9-14(15)18(29)24-16)30-12-5-3-11(21)4-6-12/h3-9H,10H2,1-2H3,(H,23,24,29)(H2,22,25,26,27). The Kier molecular flexibility index (Phi) is 5.20. The molecule has 0 aliphatic rings. The number of hydrogen-bond donors (Lipinski definition) is 2. The van der Waals surface area contributed by atoms with E-state index >= 15 is 0 Å². The fourth-order valence-electron chi connectivity index (χ4n) is 2.81. The summed E-state index contributed by atoms with van der Waals surface area (Å²) in [7, 11) is 3.61. The smallest absolute Gasteiger partial charge is 0.258 e. The zero-order chi connectivity index (χ0) is 21.3. The Bertz CT molecular complexity index is 1270. The summed E-state index contributed by atoms with van der Waals surface area (Å²) in [6, 6.07) is 12.1. The van der Waals surface area contributed by atoms with Crippen LogP contribution in [0.1, 0.15) is 11.6 Å². The summed E-state index contributed by atoms with van der Waals surface area (Å²) in [4.78, 5) is 34.2. The van der Waals surface area contributed by atoms with E-state index in [9.17, 15) is 4.79 Å². The predicted octanol–water partition coefficient (Wildman–Crippen LogP) is 2.79. The minimum Gasteiger partial charge on any atom is -0.457 e. The largest absolute Gasteiger partial charge is 0.457 e. The number of aromatic nitrogens is 5. The molecule has 0 saturated heterocycles. The van der Waals surface area contributed by atoms with Gasteiger partial charge in [0.15, 0.2) is 0 Å². The summed E-state index contributed by atoms with van der Waals surface area (Å²) in [6.07, 6.45) is 0.210. The summed E-state index contributed by atoms with van der Waals surface area (Å²) in [5, 5.41) is 1.03. The molecule has 0 fully saturated rings. The molecule has 2 aromatic heterocycles. The normalized spacial score (nSPS) is 10.9. The minimum atomic E-state index is -0.286. The summed E-state index contributed by atoms with van der Waals surface area (Å²) in [5.41, 5.74) is 6.01. The van der Waals surface area contributed by atoms with Crippen LogP contribution < -0.4 is 20.9 Å². The van der Waals surface area contributed by atoms with E-state index in [4.69, 9.17) is 22.1 Å². The Morgan fingerprint density at radius 3 is 2.50 bits per heavy atom. The Hall–Kier alpha value is -3.72. The van der Waals surface area contributed by atoms with E-state index in [1.54, 1.807) is 61.5 Å². The van der Waals surface area contributed by atoms with E-state index in [0.717, 1.165) is 0 Å². The summed E-state index contributed by atoms with van der Waals surface area (Å²) in [5.74, 6) is 2.51. The molecule has 9 nitrogen and oxygen atoms in total. The molecule has 2 heterocycles. The minimum absolute atomic E-state index is 0.107.